The number of amides is 1. The van der Waals surface area contributed by atoms with Gasteiger partial charge in [-0.2, -0.15) is 0 Å². The van der Waals surface area contributed by atoms with Crippen LogP contribution in [0.4, 0.5) is 0 Å². The van der Waals surface area contributed by atoms with Gasteiger partial charge in [0.1, 0.15) is 4.88 Å². The lowest BCUT2D eigenvalue weighted by atomic mass is 10.2. The molecule has 2 heterocycles. The van der Waals surface area contributed by atoms with Crippen LogP contribution in [0.1, 0.15) is 47.6 Å². The molecule has 2 atom stereocenters. The number of nitrogens with zero attached hydrogens (tertiary/aromatic N) is 2. The normalized spacial score (nSPS) is 22.7. The van der Waals surface area contributed by atoms with Gasteiger partial charge in [0.25, 0.3) is 5.91 Å². The lowest BCUT2D eigenvalue weighted by Crippen LogP contribution is -2.47. The van der Waals surface area contributed by atoms with Gasteiger partial charge in [-0.25, -0.2) is 4.98 Å². The average molecular weight is 325 g/mol. The summed E-state index contributed by atoms with van der Waals surface area (Å²) in [6.07, 6.45) is 2.53. The number of ether oxygens (including phenoxy) is 1. The molecular weight excluding hydrogens is 298 g/mol. The third-order valence-electron chi connectivity index (χ3n) is 3.72. The van der Waals surface area contributed by atoms with Crippen LogP contribution in [0, 0.1) is 6.92 Å². The second kappa shape index (κ2) is 8.04. The minimum absolute atomic E-state index is 0.00621. The second-order valence-electron chi connectivity index (χ2n) is 6.04. The summed E-state index contributed by atoms with van der Waals surface area (Å²) in [6.45, 7) is 11.6. The van der Waals surface area contributed by atoms with Crippen LogP contribution >= 0.6 is 11.3 Å². The number of aromatic nitrogens is 1. The fraction of sp³-hybridized carbons (Fsp3) is 0.750. The molecule has 2 rings (SSSR count). The van der Waals surface area contributed by atoms with E-state index in [2.05, 4.69) is 36.0 Å². The van der Waals surface area contributed by atoms with E-state index in [1.165, 1.54) is 11.3 Å². The van der Waals surface area contributed by atoms with E-state index in [9.17, 15) is 4.79 Å². The molecule has 0 saturated carbocycles. The second-order valence-corrected chi connectivity index (χ2v) is 7.13. The maximum atomic E-state index is 12.3. The summed E-state index contributed by atoms with van der Waals surface area (Å²) >= 11 is 1.52. The first-order valence-electron chi connectivity index (χ1n) is 8.12. The summed E-state index contributed by atoms with van der Waals surface area (Å²) in [6, 6.07) is 0. The van der Waals surface area contributed by atoms with E-state index in [1.807, 2.05) is 6.92 Å². The standard InChI is InChI=1S/C16H27N3O2S/c1-5-6-14-18-13(4)15(22-14)16(20)17-7-8-19-9-11(2)21-12(3)10-19/h11-12H,5-10H2,1-4H3,(H,17,20)/t11-,12-/m0/s1. The van der Waals surface area contributed by atoms with E-state index < -0.39 is 0 Å². The molecule has 0 radical (unpaired) electrons. The summed E-state index contributed by atoms with van der Waals surface area (Å²) in [7, 11) is 0. The molecule has 1 amide bonds. The third-order valence-corrected chi connectivity index (χ3v) is 4.94. The Hall–Kier alpha value is -0.980. The number of carbonyl (C=O) groups is 1. The van der Waals surface area contributed by atoms with Gasteiger partial charge in [0.2, 0.25) is 0 Å². The van der Waals surface area contributed by atoms with E-state index in [4.69, 9.17) is 4.74 Å². The van der Waals surface area contributed by atoms with Gasteiger partial charge in [-0.3, -0.25) is 9.69 Å². The number of hydrogen-bond donors (Lipinski definition) is 1. The van der Waals surface area contributed by atoms with E-state index in [0.29, 0.717) is 6.54 Å². The van der Waals surface area contributed by atoms with Crippen molar-refractivity contribution in [1.29, 1.82) is 0 Å². The zero-order valence-electron chi connectivity index (χ0n) is 14.0. The van der Waals surface area contributed by atoms with Crippen LogP contribution in [0.2, 0.25) is 0 Å². The van der Waals surface area contributed by atoms with Crippen LogP contribution in [-0.4, -0.2) is 54.2 Å². The van der Waals surface area contributed by atoms with E-state index >= 15 is 0 Å². The molecule has 1 aromatic rings. The highest BCUT2D eigenvalue weighted by Gasteiger charge is 2.22. The summed E-state index contributed by atoms with van der Waals surface area (Å²) in [5, 5.41) is 4.08. The topological polar surface area (TPSA) is 54.5 Å². The Kier molecular flexibility index (Phi) is 6.35. The van der Waals surface area contributed by atoms with E-state index in [-0.39, 0.29) is 18.1 Å². The fourth-order valence-electron chi connectivity index (χ4n) is 2.86. The smallest absolute Gasteiger partial charge is 0.263 e. The molecule has 6 heteroatoms. The predicted octanol–water partition coefficient (Wildman–Crippen LogP) is 2.24. The van der Waals surface area contributed by atoms with Gasteiger partial charge < -0.3 is 10.1 Å². The largest absolute Gasteiger partial charge is 0.373 e. The van der Waals surface area contributed by atoms with Gasteiger partial charge in [-0.05, 0) is 33.6 Å². The maximum Gasteiger partial charge on any atom is 0.263 e. The molecule has 0 aromatic carbocycles. The van der Waals surface area contributed by atoms with Crippen LogP contribution in [0.3, 0.4) is 0 Å². The summed E-state index contributed by atoms with van der Waals surface area (Å²) in [4.78, 5) is 19.8. The Morgan fingerprint density at radius 2 is 2.09 bits per heavy atom. The highest BCUT2D eigenvalue weighted by Crippen LogP contribution is 2.19. The van der Waals surface area contributed by atoms with Crippen molar-refractivity contribution in [2.24, 2.45) is 0 Å². The first-order valence-corrected chi connectivity index (χ1v) is 8.93. The van der Waals surface area contributed by atoms with Gasteiger partial charge in [-0.15, -0.1) is 11.3 Å². The number of morpholine rings is 1. The fourth-order valence-corrected chi connectivity index (χ4v) is 3.94. The molecule has 1 saturated heterocycles. The van der Waals surface area contributed by atoms with Crippen molar-refractivity contribution in [3.05, 3.63) is 15.6 Å². The summed E-state index contributed by atoms with van der Waals surface area (Å²) < 4.78 is 5.72. The number of nitrogens with one attached hydrogen (secondary N) is 1. The Balaban J connectivity index is 1.80. The molecule has 1 fully saturated rings. The molecule has 5 nitrogen and oxygen atoms in total. The Morgan fingerprint density at radius 1 is 1.41 bits per heavy atom. The van der Waals surface area contributed by atoms with Crippen molar-refractivity contribution < 1.29 is 9.53 Å². The number of aryl methyl sites for hydroxylation is 2. The van der Waals surface area contributed by atoms with Crippen LogP contribution in [0.5, 0.6) is 0 Å². The molecule has 0 spiro atoms. The molecule has 1 aromatic heterocycles. The molecule has 0 bridgehead atoms. The predicted molar refractivity (Wildman–Crippen MR) is 89.6 cm³/mol. The van der Waals surface area contributed by atoms with Gasteiger partial charge in [0.15, 0.2) is 0 Å². The molecule has 1 aliphatic heterocycles. The minimum Gasteiger partial charge on any atom is -0.373 e. The molecule has 1 aliphatic rings. The molecule has 22 heavy (non-hydrogen) atoms. The minimum atomic E-state index is 0.00621. The summed E-state index contributed by atoms with van der Waals surface area (Å²) in [5.41, 5.74) is 0.847. The highest BCUT2D eigenvalue weighted by atomic mass is 32.1. The van der Waals surface area contributed by atoms with Crippen molar-refractivity contribution in [2.75, 3.05) is 26.2 Å². The van der Waals surface area contributed by atoms with Crippen molar-refractivity contribution in [3.63, 3.8) is 0 Å². The number of rotatable bonds is 6. The first-order chi connectivity index (χ1) is 10.5. The van der Waals surface area contributed by atoms with E-state index in [0.717, 1.165) is 48.1 Å². The van der Waals surface area contributed by atoms with Crippen molar-refractivity contribution in [2.45, 2.75) is 52.7 Å². The van der Waals surface area contributed by atoms with Crippen LogP contribution < -0.4 is 5.32 Å². The molecule has 0 unspecified atom stereocenters. The average Bonchev–Trinajstić information content (AvgIpc) is 2.79. The SMILES string of the molecule is CCCc1nc(C)c(C(=O)NCCN2C[C@H](C)O[C@@H](C)C2)s1. The highest BCUT2D eigenvalue weighted by molar-refractivity contribution is 7.13. The quantitative estimate of drug-likeness (QED) is 0.871. The molecule has 124 valence electrons. The zero-order chi connectivity index (χ0) is 16.1. The van der Waals surface area contributed by atoms with Crippen molar-refractivity contribution in [1.82, 2.24) is 15.2 Å². The first kappa shape index (κ1) is 17.4. The number of carbonyl (C=O) groups excluding carboxylic acids is 1. The maximum absolute atomic E-state index is 12.3. The Bertz CT molecular complexity index is 494. The van der Waals surface area contributed by atoms with Gasteiger partial charge in [0, 0.05) is 26.2 Å². The van der Waals surface area contributed by atoms with Crippen LogP contribution in [0.15, 0.2) is 0 Å². The van der Waals surface area contributed by atoms with E-state index in [1.54, 1.807) is 0 Å². The van der Waals surface area contributed by atoms with Gasteiger partial charge in [-0.1, -0.05) is 6.92 Å². The Morgan fingerprint density at radius 3 is 2.73 bits per heavy atom. The monoisotopic (exact) mass is 325 g/mol. The van der Waals surface area contributed by atoms with Crippen LogP contribution in [0.25, 0.3) is 0 Å². The Labute approximate surface area is 137 Å². The third kappa shape index (κ3) is 4.76. The van der Waals surface area contributed by atoms with Crippen molar-refractivity contribution in [3.8, 4) is 0 Å². The van der Waals surface area contributed by atoms with Gasteiger partial charge >= 0.3 is 0 Å². The molecule has 0 aliphatic carbocycles. The lowest BCUT2D eigenvalue weighted by Gasteiger charge is -2.35. The number of hydrogen-bond acceptors (Lipinski definition) is 5. The zero-order valence-corrected chi connectivity index (χ0v) is 14.8. The number of thiazole rings is 1. The molecular formula is C16H27N3O2S. The molecule has 1 N–H and O–H groups in total. The summed E-state index contributed by atoms with van der Waals surface area (Å²) in [5.74, 6) is 0.00621. The van der Waals surface area contributed by atoms with Gasteiger partial charge in [0.05, 0.1) is 22.9 Å². The lowest BCUT2D eigenvalue weighted by molar-refractivity contribution is -0.0672. The van der Waals surface area contributed by atoms with Crippen molar-refractivity contribution >= 4 is 17.2 Å². The van der Waals surface area contributed by atoms with Crippen LogP contribution in [-0.2, 0) is 11.2 Å².